The normalized spacial score (nSPS) is 18.8. The van der Waals surface area contributed by atoms with Gasteiger partial charge in [0.25, 0.3) is 0 Å². The summed E-state index contributed by atoms with van der Waals surface area (Å²) in [5.41, 5.74) is 0.813. The zero-order valence-corrected chi connectivity index (χ0v) is 12.5. The third-order valence-electron chi connectivity index (χ3n) is 3.83. The minimum atomic E-state index is -0.152. The minimum Gasteiger partial charge on any atom is -0.469 e. The summed E-state index contributed by atoms with van der Waals surface area (Å²) < 4.78 is 4.86. The topological polar surface area (TPSA) is 55.3 Å². The molecule has 2 heterocycles. The maximum absolute atomic E-state index is 11.8. The number of carbonyl (C=O) groups excluding carboxylic acids is 1. The van der Waals surface area contributed by atoms with Crippen molar-refractivity contribution in [3.8, 4) is 0 Å². The van der Waals surface area contributed by atoms with Crippen LogP contribution in [0.1, 0.15) is 12.8 Å². The lowest BCUT2D eigenvalue weighted by atomic mass is 9.98. The van der Waals surface area contributed by atoms with E-state index in [9.17, 15) is 4.79 Å². The molecule has 1 aliphatic rings. The van der Waals surface area contributed by atoms with Crippen LogP contribution >= 0.6 is 11.6 Å². The predicted octanol–water partition coefficient (Wildman–Crippen LogP) is 2.67. The van der Waals surface area contributed by atoms with Gasteiger partial charge in [-0.1, -0.05) is 11.6 Å². The largest absolute Gasteiger partial charge is 0.469 e. The number of hydrogen-bond donors (Lipinski definition) is 0. The number of rotatable bonds is 2. The van der Waals surface area contributed by atoms with Gasteiger partial charge in [-0.05, 0) is 31.0 Å². The van der Waals surface area contributed by atoms with Crippen molar-refractivity contribution in [1.29, 1.82) is 0 Å². The van der Waals surface area contributed by atoms with E-state index in [0.717, 1.165) is 36.1 Å². The van der Waals surface area contributed by atoms with Crippen LogP contribution in [0, 0.1) is 5.92 Å². The van der Waals surface area contributed by atoms with Gasteiger partial charge in [-0.15, -0.1) is 0 Å². The van der Waals surface area contributed by atoms with Gasteiger partial charge in [0, 0.05) is 23.5 Å². The Bertz CT molecular complexity index is 677. The van der Waals surface area contributed by atoms with Crippen LogP contribution in [0.25, 0.3) is 10.9 Å². The van der Waals surface area contributed by atoms with Gasteiger partial charge in [0.15, 0.2) is 0 Å². The second kappa shape index (κ2) is 5.85. The maximum Gasteiger partial charge on any atom is 0.310 e. The SMILES string of the molecule is COC(=O)C1CCCN(c2ncnc3cc(Cl)ccc23)C1. The number of anilines is 1. The predicted molar refractivity (Wildman–Crippen MR) is 81.5 cm³/mol. The highest BCUT2D eigenvalue weighted by Crippen LogP contribution is 2.29. The molecule has 1 atom stereocenters. The van der Waals surface area contributed by atoms with Gasteiger partial charge >= 0.3 is 5.97 Å². The number of fused-ring (bicyclic) bond motifs is 1. The smallest absolute Gasteiger partial charge is 0.310 e. The highest BCUT2D eigenvalue weighted by atomic mass is 35.5. The summed E-state index contributed by atoms with van der Waals surface area (Å²) >= 11 is 6.01. The Balaban J connectivity index is 1.94. The Morgan fingerprint density at radius 1 is 1.43 bits per heavy atom. The van der Waals surface area contributed by atoms with Crippen molar-refractivity contribution >= 4 is 34.3 Å². The average molecular weight is 306 g/mol. The molecule has 0 saturated carbocycles. The first kappa shape index (κ1) is 14.1. The van der Waals surface area contributed by atoms with E-state index in [0.29, 0.717) is 11.6 Å². The van der Waals surface area contributed by atoms with Gasteiger partial charge in [0.1, 0.15) is 12.1 Å². The van der Waals surface area contributed by atoms with Crippen molar-refractivity contribution in [2.75, 3.05) is 25.1 Å². The highest BCUT2D eigenvalue weighted by molar-refractivity contribution is 6.31. The fourth-order valence-corrected chi connectivity index (χ4v) is 2.96. The van der Waals surface area contributed by atoms with E-state index in [1.807, 2.05) is 18.2 Å². The Labute approximate surface area is 127 Å². The van der Waals surface area contributed by atoms with Crippen LogP contribution in [0.4, 0.5) is 5.82 Å². The summed E-state index contributed by atoms with van der Waals surface area (Å²) in [6.45, 7) is 1.50. The number of carbonyl (C=O) groups is 1. The van der Waals surface area contributed by atoms with E-state index in [1.54, 1.807) is 0 Å². The summed E-state index contributed by atoms with van der Waals surface area (Å²) in [6.07, 6.45) is 3.34. The van der Waals surface area contributed by atoms with Crippen LogP contribution < -0.4 is 4.90 Å². The van der Waals surface area contributed by atoms with E-state index in [2.05, 4.69) is 14.9 Å². The Morgan fingerprint density at radius 2 is 2.29 bits per heavy atom. The number of esters is 1. The lowest BCUT2D eigenvalue weighted by molar-refractivity contribution is -0.145. The molecule has 2 aromatic rings. The molecule has 0 N–H and O–H groups in total. The molecule has 6 heteroatoms. The molecule has 1 unspecified atom stereocenters. The molecular formula is C15H16ClN3O2. The Hall–Kier alpha value is -1.88. The van der Waals surface area contributed by atoms with Crippen LogP contribution in [-0.2, 0) is 9.53 Å². The summed E-state index contributed by atoms with van der Waals surface area (Å²) in [7, 11) is 1.43. The fourth-order valence-electron chi connectivity index (χ4n) is 2.80. The molecule has 0 bridgehead atoms. The molecule has 1 saturated heterocycles. The van der Waals surface area contributed by atoms with E-state index < -0.39 is 0 Å². The molecular weight excluding hydrogens is 290 g/mol. The summed E-state index contributed by atoms with van der Waals surface area (Å²) in [5, 5.41) is 1.60. The second-order valence-corrected chi connectivity index (χ2v) is 5.60. The third-order valence-corrected chi connectivity index (χ3v) is 4.07. The molecule has 1 aliphatic heterocycles. The van der Waals surface area contributed by atoms with E-state index >= 15 is 0 Å². The van der Waals surface area contributed by atoms with Crippen molar-refractivity contribution in [3.05, 3.63) is 29.5 Å². The van der Waals surface area contributed by atoms with Gasteiger partial charge in [-0.25, -0.2) is 9.97 Å². The van der Waals surface area contributed by atoms with Gasteiger partial charge in [0.05, 0.1) is 18.5 Å². The number of halogens is 1. The first-order valence-electron chi connectivity index (χ1n) is 6.92. The van der Waals surface area contributed by atoms with Crippen molar-refractivity contribution < 1.29 is 9.53 Å². The average Bonchev–Trinajstić information content (AvgIpc) is 2.53. The van der Waals surface area contributed by atoms with Crippen molar-refractivity contribution in [2.24, 2.45) is 5.92 Å². The van der Waals surface area contributed by atoms with Crippen LogP contribution in [0.2, 0.25) is 5.02 Å². The lowest BCUT2D eigenvalue weighted by Crippen LogP contribution is -2.39. The number of piperidine rings is 1. The zero-order chi connectivity index (χ0) is 14.8. The molecule has 1 fully saturated rings. The van der Waals surface area contributed by atoms with Crippen molar-refractivity contribution in [2.45, 2.75) is 12.8 Å². The molecule has 0 radical (unpaired) electrons. The maximum atomic E-state index is 11.8. The monoisotopic (exact) mass is 305 g/mol. The van der Waals surface area contributed by atoms with Crippen LogP contribution in [0.5, 0.6) is 0 Å². The molecule has 5 nitrogen and oxygen atoms in total. The molecule has 0 spiro atoms. The molecule has 110 valence electrons. The van der Waals surface area contributed by atoms with Gasteiger partial charge in [-0.3, -0.25) is 4.79 Å². The van der Waals surface area contributed by atoms with Gasteiger partial charge in [0.2, 0.25) is 0 Å². The zero-order valence-electron chi connectivity index (χ0n) is 11.8. The molecule has 1 aromatic carbocycles. The third kappa shape index (κ3) is 2.78. The van der Waals surface area contributed by atoms with Crippen LogP contribution in [0.15, 0.2) is 24.5 Å². The number of aromatic nitrogens is 2. The Morgan fingerprint density at radius 3 is 3.10 bits per heavy atom. The molecule has 21 heavy (non-hydrogen) atoms. The first-order valence-corrected chi connectivity index (χ1v) is 7.30. The number of hydrogen-bond acceptors (Lipinski definition) is 5. The standard InChI is InChI=1S/C15H16ClN3O2/c1-21-15(20)10-3-2-6-19(8-10)14-12-5-4-11(16)7-13(12)17-9-18-14/h4-5,7,9-10H,2-3,6,8H2,1H3. The second-order valence-electron chi connectivity index (χ2n) is 5.17. The molecule has 0 aliphatic carbocycles. The summed E-state index contributed by atoms with van der Waals surface area (Å²) in [4.78, 5) is 22.5. The fraction of sp³-hybridized carbons (Fsp3) is 0.400. The quantitative estimate of drug-likeness (QED) is 0.798. The van der Waals surface area contributed by atoms with Crippen molar-refractivity contribution in [1.82, 2.24) is 9.97 Å². The highest BCUT2D eigenvalue weighted by Gasteiger charge is 2.27. The first-order chi connectivity index (χ1) is 10.2. The molecule has 3 rings (SSSR count). The van der Waals surface area contributed by atoms with Gasteiger partial charge in [-0.2, -0.15) is 0 Å². The molecule has 1 aromatic heterocycles. The van der Waals surface area contributed by atoms with Gasteiger partial charge < -0.3 is 9.64 Å². The van der Waals surface area contributed by atoms with E-state index in [4.69, 9.17) is 16.3 Å². The number of methoxy groups -OCH3 is 1. The molecule has 0 amide bonds. The minimum absolute atomic E-state index is 0.0962. The van der Waals surface area contributed by atoms with Crippen LogP contribution in [-0.4, -0.2) is 36.1 Å². The van der Waals surface area contributed by atoms with Crippen molar-refractivity contribution in [3.63, 3.8) is 0 Å². The Kier molecular flexibility index (Phi) is 3.92. The number of ether oxygens (including phenoxy) is 1. The summed E-state index contributed by atoms with van der Waals surface area (Å²) in [5.74, 6) is 0.604. The number of nitrogens with zero attached hydrogens (tertiary/aromatic N) is 3. The number of benzene rings is 1. The lowest BCUT2D eigenvalue weighted by Gasteiger charge is -2.32. The van der Waals surface area contributed by atoms with E-state index in [-0.39, 0.29) is 11.9 Å². The summed E-state index contributed by atoms with van der Waals surface area (Å²) in [6, 6.07) is 5.58. The van der Waals surface area contributed by atoms with Crippen LogP contribution in [0.3, 0.4) is 0 Å². The van der Waals surface area contributed by atoms with E-state index in [1.165, 1.54) is 13.4 Å².